The van der Waals surface area contributed by atoms with Gasteiger partial charge in [0, 0.05) is 0 Å². The standard InChI is InChI=1S/C16H15N2.BF4/c1-14-7-5-6-10-16(14)18-12-11-17(13-18)15-8-3-2-4-9-15;2-1(3,4)5/h2-13H,1H3;/q+1;-1. The molecule has 23 heavy (non-hydrogen) atoms. The van der Waals surface area contributed by atoms with Crippen molar-refractivity contribution in [1.82, 2.24) is 4.57 Å². The second-order valence-corrected chi connectivity index (χ2v) is 4.85. The van der Waals surface area contributed by atoms with Crippen molar-refractivity contribution in [3.05, 3.63) is 78.9 Å². The van der Waals surface area contributed by atoms with E-state index in [0.717, 1.165) is 0 Å². The van der Waals surface area contributed by atoms with Crippen molar-refractivity contribution < 1.29 is 21.8 Å². The number of hydrogen-bond acceptors (Lipinski definition) is 0. The lowest BCUT2D eigenvalue weighted by Crippen LogP contribution is -2.28. The molecule has 0 N–H and O–H groups in total. The molecule has 3 aromatic rings. The number of benzene rings is 2. The largest absolute Gasteiger partial charge is 0.673 e. The average molecular weight is 322 g/mol. The molecular formula is C16H15BF4N2. The van der Waals surface area contributed by atoms with E-state index in [0.29, 0.717) is 0 Å². The Hall–Kier alpha value is -2.57. The molecule has 2 aromatic carbocycles. The second kappa shape index (κ2) is 7.13. The summed E-state index contributed by atoms with van der Waals surface area (Å²) in [5.41, 5.74) is 3.66. The van der Waals surface area contributed by atoms with Crippen LogP contribution in [0.2, 0.25) is 0 Å². The van der Waals surface area contributed by atoms with Crippen LogP contribution < -0.4 is 4.57 Å². The van der Waals surface area contributed by atoms with Crippen molar-refractivity contribution in [3.8, 4) is 11.4 Å². The lowest BCUT2D eigenvalue weighted by molar-refractivity contribution is -0.595. The fourth-order valence-electron chi connectivity index (χ4n) is 2.10. The number of hydrogen-bond donors (Lipinski definition) is 0. The molecule has 0 unspecified atom stereocenters. The van der Waals surface area contributed by atoms with Crippen LogP contribution in [0.3, 0.4) is 0 Å². The lowest BCUT2D eigenvalue weighted by Gasteiger charge is -1.99. The Bertz CT molecular complexity index is 748. The fourth-order valence-corrected chi connectivity index (χ4v) is 2.10. The average Bonchev–Trinajstić information content (AvgIpc) is 2.96. The highest BCUT2D eigenvalue weighted by molar-refractivity contribution is 6.50. The Balaban J connectivity index is 0.000000338. The third-order valence-electron chi connectivity index (χ3n) is 3.08. The Morgan fingerprint density at radius 3 is 2.04 bits per heavy atom. The first-order chi connectivity index (χ1) is 10.8. The number of halogens is 4. The van der Waals surface area contributed by atoms with Gasteiger partial charge in [0.1, 0.15) is 23.8 Å². The van der Waals surface area contributed by atoms with Crippen LogP contribution in [0.1, 0.15) is 5.56 Å². The van der Waals surface area contributed by atoms with E-state index < -0.39 is 7.25 Å². The van der Waals surface area contributed by atoms with Crippen molar-refractivity contribution in [2.45, 2.75) is 6.92 Å². The molecule has 120 valence electrons. The maximum atomic E-state index is 9.75. The number of nitrogens with zero attached hydrogens (tertiary/aromatic N) is 2. The number of rotatable bonds is 2. The van der Waals surface area contributed by atoms with Gasteiger partial charge in [-0.3, -0.25) is 0 Å². The highest BCUT2D eigenvalue weighted by Crippen LogP contribution is 2.09. The molecule has 1 heterocycles. The monoisotopic (exact) mass is 322 g/mol. The topological polar surface area (TPSA) is 8.81 Å². The third-order valence-corrected chi connectivity index (χ3v) is 3.08. The van der Waals surface area contributed by atoms with Gasteiger partial charge in [-0.05, 0) is 30.7 Å². The van der Waals surface area contributed by atoms with Gasteiger partial charge in [0.25, 0.3) is 6.33 Å². The number of imidazole rings is 1. The molecule has 0 aliphatic carbocycles. The normalized spacial score (nSPS) is 10.8. The fraction of sp³-hybridized carbons (Fsp3) is 0.0625. The van der Waals surface area contributed by atoms with Crippen LogP contribution in [0.25, 0.3) is 11.4 Å². The molecule has 7 heteroatoms. The van der Waals surface area contributed by atoms with E-state index >= 15 is 0 Å². The minimum absolute atomic E-state index is 1.17. The first kappa shape index (κ1) is 16.8. The summed E-state index contributed by atoms with van der Waals surface area (Å²) in [5, 5.41) is 0. The molecular weight excluding hydrogens is 307 g/mol. The van der Waals surface area contributed by atoms with Crippen LogP contribution in [-0.2, 0) is 0 Å². The van der Waals surface area contributed by atoms with Crippen molar-refractivity contribution >= 4 is 7.25 Å². The summed E-state index contributed by atoms with van der Waals surface area (Å²) in [6.07, 6.45) is 6.24. The molecule has 3 rings (SSSR count). The molecule has 2 nitrogen and oxygen atoms in total. The summed E-state index contributed by atoms with van der Waals surface area (Å²) in [7, 11) is -6.00. The molecule has 0 fully saturated rings. The zero-order chi connectivity index (χ0) is 16.9. The number of aromatic nitrogens is 2. The van der Waals surface area contributed by atoms with Gasteiger partial charge in [-0.2, -0.15) is 0 Å². The quantitative estimate of drug-likeness (QED) is 0.376. The summed E-state index contributed by atoms with van der Waals surface area (Å²) in [6, 6.07) is 18.7. The summed E-state index contributed by atoms with van der Waals surface area (Å²) in [4.78, 5) is 0. The van der Waals surface area contributed by atoms with Crippen molar-refractivity contribution in [3.63, 3.8) is 0 Å². The molecule has 0 aliphatic heterocycles. The van der Waals surface area contributed by atoms with Crippen LogP contribution in [0, 0.1) is 6.92 Å². The lowest BCUT2D eigenvalue weighted by atomic mass is 10.2. The van der Waals surface area contributed by atoms with E-state index in [2.05, 4.69) is 71.2 Å². The van der Waals surface area contributed by atoms with Crippen molar-refractivity contribution in [1.29, 1.82) is 0 Å². The van der Waals surface area contributed by atoms with Gasteiger partial charge in [0.2, 0.25) is 0 Å². The summed E-state index contributed by atoms with van der Waals surface area (Å²) >= 11 is 0. The molecule has 0 atom stereocenters. The summed E-state index contributed by atoms with van der Waals surface area (Å²) < 4.78 is 43.3. The highest BCUT2D eigenvalue weighted by Gasteiger charge is 2.20. The molecule has 0 amide bonds. The predicted octanol–water partition coefficient (Wildman–Crippen LogP) is 4.36. The van der Waals surface area contributed by atoms with E-state index in [1.54, 1.807) is 0 Å². The maximum Gasteiger partial charge on any atom is 0.673 e. The zero-order valence-corrected chi connectivity index (χ0v) is 12.4. The van der Waals surface area contributed by atoms with Crippen molar-refractivity contribution in [2.75, 3.05) is 0 Å². The molecule has 0 spiro atoms. The minimum Gasteiger partial charge on any atom is -0.418 e. The highest BCUT2D eigenvalue weighted by atomic mass is 19.5. The van der Waals surface area contributed by atoms with Gasteiger partial charge in [-0.25, -0.2) is 9.13 Å². The van der Waals surface area contributed by atoms with Crippen LogP contribution >= 0.6 is 0 Å². The van der Waals surface area contributed by atoms with Crippen LogP contribution in [0.4, 0.5) is 17.3 Å². The number of aryl methyl sites for hydroxylation is 1. The molecule has 0 saturated carbocycles. The Kier molecular flexibility index (Phi) is 5.21. The Morgan fingerprint density at radius 1 is 0.870 bits per heavy atom. The van der Waals surface area contributed by atoms with E-state index in [1.165, 1.54) is 16.9 Å². The van der Waals surface area contributed by atoms with Crippen LogP contribution in [0.15, 0.2) is 73.3 Å². The van der Waals surface area contributed by atoms with Crippen LogP contribution in [0.5, 0.6) is 0 Å². The Labute approximate surface area is 131 Å². The molecule has 0 saturated heterocycles. The van der Waals surface area contributed by atoms with Gasteiger partial charge >= 0.3 is 7.25 Å². The van der Waals surface area contributed by atoms with Gasteiger partial charge in [0.05, 0.1) is 0 Å². The first-order valence-electron chi connectivity index (χ1n) is 6.92. The second-order valence-electron chi connectivity index (χ2n) is 4.85. The molecule has 0 bridgehead atoms. The smallest absolute Gasteiger partial charge is 0.418 e. The summed E-state index contributed by atoms with van der Waals surface area (Å²) in [5.74, 6) is 0. The Morgan fingerprint density at radius 2 is 1.43 bits per heavy atom. The summed E-state index contributed by atoms with van der Waals surface area (Å²) in [6.45, 7) is 2.13. The zero-order valence-electron chi connectivity index (χ0n) is 12.4. The molecule has 0 aliphatic rings. The van der Waals surface area contributed by atoms with E-state index in [1.807, 2.05) is 18.2 Å². The molecule has 0 radical (unpaired) electrons. The van der Waals surface area contributed by atoms with Gasteiger partial charge in [0.15, 0.2) is 0 Å². The van der Waals surface area contributed by atoms with Crippen LogP contribution in [-0.4, -0.2) is 11.8 Å². The van der Waals surface area contributed by atoms with E-state index in [4.69, 9.17) is 0 Å². The SMILES string of the molecule is Cc1ccccc1-[n+]1ccn(-c2ccccc2)c1.F[B-](F)(F)F. The predicted molar refractivity (Wildman–Crippen MR) is 82.2 cm³/mol. The van der Waals surface area contributed by atoms with E-state index in [9.17, 15) is 17.3 Å². The van der Waals surface area contributed by atoms with Gasteiger partial charge in [-0.15, -0.1) is 0 Å². The van der Waals surface area contributed by atoms with Crippen molar-refractivity contribution in [2.24, 2.45) is 0 Å². The van der Waals surface area contributed by atoms with E-state index in [-0.39, 0.29) is 0 Å². The van der Waals surface area contributed by atoms with Gasteiger partial charge < -0.3 is 17.3 Å². The third kappa shape index (κ3) is 5.28. The van der Waals surface area contributed by atoms with Gasteiger partial charge in [-0.1, -0.05) is 36.4 Å². The maximum absolute atomic E-state index is 9.75. The minimum atomic E-state index is -6.00. The first-order valence-corrected chi connectivity index (χ1v) is 6.92. The molecule has 1 aromatic heterocycles. The number of para-hydroxylation sites is 2.